The Morgan fingerprint density at radius 1 is 1.47 bits per heavy atom. The lowest BCUT2D eigenvalue weighted by Crippen LogP contribution is -2.12. The minimum atomic E-state index is -1.03. The van der Waals surface area contributed by atoms with Gasteiger partial charge in [-0.05, 0) is 0 Å². The van der Waals surface area contributed by atoms with Gasteiger partial charge in [-0.3, -0.25) is 13.6 Å². The first-order valence-electron chi connectivity index (χ1n) is 5.40. The number of nitrogens with one attached hydrogen (secondary N) is 1. The Bertz CT molecular complexity index is 546. The SMILES string of the molecule is CN(SOCC(=O)O)c1n[nH]c(-c2ccccc2)n1. The lowest BCUT2D eigenvalue weighted by atomic mass is 10.2. The molecule has 0 amide bonds. The molecule has 0 atom stereocenters. The summed E-state index contributed by atoms with van der Waals surface area (Å²) in [6.07, 6.45) is 0. The first-order valence-corrected chi connectivity index (χ1v) is 6.09. The highest BCUT2D eigenvalue weighted by Crippen LogP contribution is 2.20. The first-order chi connectivity index (χ1) is 9.16. The van der Waals surface area contributed by atoms with E-state index in [4.69, 9.17) is 9.29 Å². The third-order valence-electron chi connectivity index (χ3n) is 2.15. The smallest absolute Gasteiger partial charge is 0.331 e. The zero-order valence-corrected chi connectivity index (χ0v) is 10.9. The first kappa shape index (κ1) is 13.4. The number of rotatable bonds is 6. The monoisotopic (exact) mass is 280 g/mol. The van der Waals surface area contributed by atoms with Crippen molar-refractivity contribution in [2.24, 2.45) is 0 Å². The number of carbonyl (C=O) groups is 1. The van der Waals surface area contributed by atoms with Crippen LogP contribution in [0.4, 0.5) is 5.95 Å². The fraction of sp³-hybridized carbons (Fsp3) is 0.182. The van der Waals surface area contributed by atoms with Gasteiger partial charge in [-0.15, -0.1) is 5.10 Å². The van der Waals surface area contributed by atoms with Gasteiger partial charge in [-0.25, -0.2) is 4.79 Å². The van der Waals surface area contributed by atoms with Gasteiger partial charge < -0.3 is 5.11 Å². The van der Waals surface area contributed by atoms with E-state index in [0.717, 1.165) is 17.8 Å². The Labute approximate surface area is 113 Å². The predicted molar refractivity (Wildman–Crippen MR) is 71.4 cm³/mol. The summed E-state index contributed by atoms with van der Waals surface area (Å²) in [6.45, 7) is -0.384. The molecule has 1 heterocycles. The van der Waals surface area contributed by atoms with Crippen molar-refractivity contribution >= 4 is 24.1 Å². The molecule has 0 bridgehead atoms. The van der Waals surface area contributed by atoms with Crippen LogP contribution in [0.3, 0.4) is 0 Å². The van der Waals surface area contributed by atoms with Crippen molar-refractivity contribution in [2.75, 3.05) is 18.0 Å². The molecule has 0 unspecified atom stereocenters. The summed E-state index contributed by atoms with van der Waals surface area (Å²) in [6, 6.07) is 9.57. The van der Waals surface area contributed by atoms with Crippen LogP contribution in [0.2, 0.25) is 0 Å². The summed E-state index contributed by atoms with van der Waals surface area (Å²) < 4.78 is 6.41. The molecule has 2 rings (SSSR count). The Kier molecular flexibility index (Phi) is 4.37. The molecule has 0 radical (unpaired) electrons. The number of H-pyrrole nitrogens is 1. The number of carboxylic acids is 1. The lowest BCUT2D eigenvalue weighted by molar-refractivity contribution is -0.138. The van der Waals surface area contributed by atoms with E-state index in [1.165, 1.54) is 4.31 Å². The molecular weight excluding hydrogens is 268 g/mol. The summed E-state index contributed by atoms with van der Waals surface area (Å²) in [4.78, 5) is 14.6. The highest BCUT2D eigenvalue weighted by atomic mass is 32.2. The van der Waals surface area contributed by atoms with Gasteiger partial charge in [0.1, 0.15) is 12.2 Å². The molecule has 0 aliphatic heterocycles. The highest BCUT2D eigenvalue weighted by Gasteiger charge is 2.11. The van der Waals surface area contributed by atoms with Crippen LogP contribution in [0.15, 0.2) is 30.3 Å². The van der Waals surface area contributed by atoms with Crippen molar-refractivity contribution in [3.63, 3.8) is 0 Å². The Hall–Kier alpha value is -2.06. The molecule has 100 valence electrons. The normalized spacial score (nSPS) is 10.4. The molecule has 2 N–H and O–H groups in total. The predicted octanol–water partition coefficient (Wildman–Crippen LogP) is 1.57. The Morgan fingerprint density at radius 2 is 2.21 bits per heavy atom. The van der Waals surface area contributed by atoms with Crippen LogP contribution in [-0.4, -0.2) is 39.9 Å². The van der Waals surface area contributed by atoms with Gasteiger partial charge in [-0.2, -0.15) is 4.98 Å². The third kappa shape index (κ3) is 3.70. The fourth-order valence-corrected chi connectivity index (χ4v) is 1.77. The molecule has 0 spiro atoms. The summed E-state index contributed by atoms with van der Waals surface area (Å²) in [5.41, 5.74) is 0.922. The van der Waals surface area contributed by atoms with Gasteiger partial charge in [0.25, 0.3) is 5.95 Å². The standard InChI is InChI=1S/C11H12N4O3S/c1-15(19-18-7-9(16)17)11-12-10(13-14-11)8-5-3-2-4-6-8/h2-6H,7H2,1H3,(H,16,17)(H,12,13,14). The fourth-order valence-electron chi connectivity index (χ4n) is 1.31. The van der Waals surface area contributed by atoms with Crippen LogP contribution in [0, 0.1) is 0 Å². The maximum Gasteiger partial charge on any atom is 0.331 e. The van der Waals surface area contributed by atoms with Gasteiger partial charge in [0.05, 0.1) is 0 Å². The molecule has 0 saturated heterocycles. The largest absolute Gasteiger partial charge is 0.479 e. The molecule has 7 nitrogen and oxygen atoms in total. The maximum absolute atomic E-state index is 10.3. The summed E-state index contributed by atoms with van der Waals surface area (Å²) >= 11 is 0.874. The lowest BCUT2D eigenvalue weighted by Gasteiger charge is -2.10. The third-order valence-corrected chi connectivity index (χ3v) is 2.76. The number of anilines is 1. The van der Waals surface area contributed by atoms with Crippen LogP contribution in [0.5, 0.6) is 0 Å². The molecule has 0 aliphatic carbocycles. The number of aromatic nitrogens is 3. The van der Waals surface area contributed by atoms with Crippen LogP contribution in [0.25, 0.3) is 11.4 Å². The number of aliphatic carboxylic acids is 1. The number of hydrogen-bond donors (Lipinski definition) is 2. The van der Waals surface area contributed by atoms with E-state index in [-0.39, 0.29) is 6.61 Å². The Balaban J connectivity index is 1.99. The van der Waals surface area contributed by atoms with E-state index in [0.29, 0.717) is 11.8 Å². The van der Waals surface area contributed by atoms with E-state index < -0.39 is 5.97 Å². The number of nitrogens with zero attached hydrogens (tertiary/aromatic N) is 3. The van der Waals surface area contributed by atoms with Crippen molar-refractivity contribution in [3.05, 3.63) is 30.3 Å². The number of aromatic amines is 1. The molecule has 2 aromatic rings. The molecule has 0 saturated carbocycles. The van der Waals surface area contributed by atoms with Crippen LogP contribution in [0.1, 0.15) is 0 Å². The molecular formula is C11H12N4O3S. The summed E-state index contributed by atoms with van der Waals surface area (Å²) in [5, 5.41) is 15.3. The number of hydrogen-bond acceptors (Lipinski definition) is 6. The molecule has 8 heteroatoms. The highest BCUT2D eigenvalue weighted by molar-refractivity contribution is 7.96. The number of carboxylic acid groups (broad SMARTS) is 1. The zero-order valence-electron chi connectivity index (χ0n) is 10.1. The average molecular weight is 280 g/mol. The minimum absolute atomic E-state index is 0.384. The van der Waals surface area contributed by atoms with Crippen LogP contribution >= 0.6 is 12.2 Å². The second kappa shape index (κ2) is 6.21. The van der Waals surface area contributed by atoms with Crippen molar-refractivity contribution in [2.45, 2.75) is 0 Å². The van der Waals surface area contributed by atoms with Crippen molar-refractivity contribution < 1.29 is 14.1 Å². The Morgan fingerprint density at radius 3 is 2.89 bits per heavy atom. The van der Waals surface area contributed by atoms with E-state index in [1.807, 2.05) is 30.3 Å². The van der Waals surface area contributed by atoms with Crippen LogP contribution in [-0.2, 0) is 8.98 Å². The zero-order chi connectivity index (χ0) is 13.7. The quantitative estimate of drug-likeness (QED) is 0.613. The molecule has 19 heavy (non-hydrogen) atoms. The van der Waals surface area contributed by atoms with Crippen molar-refractivity contribution in [3.8, 4) is 11.4 Å². The van der Waals surface area contributed by atoms with E-state index in [2.05, 4.69) is 15.2 Å². The topological polar surface area (TPSA) is 91.3 Å². The number of benzene rings is 1. The average Bonchev–Trinajstić information content (AvgIpc) is 2.89. The van der Waals surface area contributed by atoms with E-state index in [9.17, 15) is 4.79 Å². The van der Waals surface area contributed by atoms with Crippen molar-refractivity contribution in [1.29, 1.82) is 0 Å². The van der Waals surface area contributed by atoms with Gasteiger partial charge in [-0.1, -0.05) is 30.3 Å². The second-order valence-corrected chi connectivity index (χ2v) is 4.51. The second-order valence-electron chi connectivity index (χ2n) is 3.58. The summed E-state index contributed by atoms with van der Waals surface area (Å²) in [5.74, 6) is 0.0244. The van der Waals surface area contributed by atoms with Gasteiger partial charge in [0.15, 0.2) is 12.4 Å². The van der Waals surface area contributed by atoms with Crippen molar-refractivity contribution in [1.82, 2.24) is 15.2 Å². The van der Waals surface area contributed by atoms with Gasteiger partial charge in [0.2, 0.25) is 0 Å². The van der Waals surface area contributed by atoms with Crippen LogP contribution < -0.4 is 4.31 Å². The van der Waals surface area contributed by atoms with Gasteiger partial charge >= 0.3 is 5.97 Å². The maximum atomic E-state index is 10.3. The minimum Gasteiger partial charge on any atom is -0.479 e. The van der Waals surface area contributed by atoms with E-state index >= 15 is 0 Å². The molecule has 0 fully saturated rings. The summed E-state index contributed by atoms with van der Waals surface area (Å²) in [7, 11) is 1.68. The molecule has 1 aromatic heterocycles. The molecule has 1 aromatic carbocycles. The molecule has 0 aliphatic rings. The van der Waals surface area contributed by atoms with E-state index in [1.54, 1.807) is 7.05 Å². The van der Waals surface area contributed by atoms with Gasteiger partial charge in [0, 0.05) is 12.6 Å².